The number of halogens is 1. The number of nitrogens with zero attached hydrogens (tertiary/aromatic N) is 1. The topological polar surface area (TPSA) is 96.0 Å². The van der Waals surface area contributed by atoms with E-state index in [1.807, 2.05) is 0 Å². The molecular formula is C13H19BrN4O3. The fraction of sp³-hybridized carbons (Fsp3) is 0.615. The molecule has 21 heavy (non-hydrogen) atoms. The molecule has 0 saturated carbocycles. The minimum absolute atomic E-state index is 0.0947. The molecule has 0 radical (unpaired) electrons. The highest BCUT2D eigenvalue weighted by Gasteiger charge is 2.26. The van der Waals surface area contributed by atoms with Crippen molar-refractivity contribution in [1.29, 1.82) is 0 Å². The van der Waals surface area contributed by atoms with Crippen LogP contribution in [0.4, 0.5) is 0 Å². The molecule has 8 heteroatoms. The van der Waals surface area contributed by atoms with Crippen molar-refractivity contribution in [3.8, 4) is 0 Å². The van der Waals surface area contributed by atoms with Gasteiger partial charge in [-0.15, -0.1) is 0 Å². The van der Waals surface area contributed by atoms with Gasteiger partial charge in [0.2, 0.25) is 5.91 Å². The van der Waals surface area contributed by atoms with Gasteiger partial charge in [-0.25, -0.2) is 4.79 Å². The zero-order valence-electron chi connectivity index (χ0n) is 11.9. The average molecular weight is 359 g/mol. The fourth-order valence-corrected chi connectivity index (χ4v) is 2.68. The predicted molar refractivity (Wildman–Crippen MR) is 82.2 cm³/mol. The van der Waals surface area contributed by atoms with Crippen LogP contribution in [0.25, 0.3) is 0 Å². The molecule has 1 saturated heterocycles. The third kappa shape index (κ3) is 4.28. The number of hydrogen-bond donors (Lipinski definition) is 3. The number of hydrogen-bond acceptors (Lipinski definition) is 4. The van der Waals surface area contributed by atoms with E-state index in [0.29, 0.717) is 6.54 Å². The number of carbonyl (C=O) groups excluding carboxylic acids is 1. The Hall–Kier alpha value is -1.41. The fourth-order valence-electron chi connectivity index (χ4n) is 2.33. The summed E-state index contributed by atoms with van der Waals surface area (Å²) in [6.07, 6.45) is 3.35. The van der Waals surface area contributed by atoms with Gasteiger partial charge >= 0.3 is 5.69 Å². The molecule has 0 aliphatic carbocycles. The Bertz CT molecular complexity index is 631. The van der Waals surface area contributed by atoms with E-state index in [-0.39, 0.29) is 22.3 Å². The van der Waals surface area contributed by atoms with Crippen LogP contribution in [0.1, 0.15) is 19.8 Å². The van der Waals surface area contributed by atoms with E-state index in [1.54, 1.807) is 0 Å². The van der Waals surface area contributed by atoms with Crippen molar-refractivity contribution >= 4 is 21.8 Å². The number of H-pyrrole nitrogens is 1. The minimum atomic E-state index is -0.591. The molecule has 3 N–H and O–H groups in total. The van der Waals surface area contributed by atoms with Crippen molar-refractivity contribution in [3.63, 3.8) is 0 Å². The SMILES string of the molecule is CC1(CNC(=O)Cn2cc(Br)c(=O)[nH]c2=O)CCNCC1. The van der Waals surface area contributed by atoms with E-state index in [0.717, 1.165) is 25.9 Å². The average Bonchev–Trinajstić information content (AvgIpc) is 2.44. The van der Waals surface area contributed by atoms with Gasteiger partial charge in [0, 0.05) is 12.7 Å². The monoisotopic (exact) mass is 358 g/mol. The van der Waals surface area contributed by atoms with Gasteiger partial charge in [0.05, 0.1) is 4.47 Å². The number of aromatic amines is 1. The van der Waals surface area contributed by atoms with Crippen LogP contribution in [0.2, 0.25) is 0 Å². The van der Waals surface area contributed by atoms with Crippen molar-refractivity contribution in [3.05, 3.63) is 31.5 Å². The molecule has 1 aliphatic rings. The Balaban J connectivity index is 1.94. The zero-order valence-corrected chi connectivity index (χ0v) is 13.5. The van der Waals surface area contributed by atoms with Gasteiger partial charge in [0.1, 0.15) is 6.54 Å². The first-order chi connectivity index (χ1) is 9.89. The molecular weight excluding hydrogens is 340 g/mol. The van der Waals surface area contributed by atoms with E-state index < -0.39 is 11.2 Å². The lowest BCUT2D eigenvalue weighted by Gasteiger charge is -2.34. The summed E-state index contributed by atoms with van der Waals surface area (Å²) in [7, 11) is 0. The van der Waals surface area contributed by atoms with Crippen LogP contribution in [-0.2, 0) is 11.3 Å². The first kappa shape index (κ1) is 16.0. The Labute approximate surface area is 130 Å². The highest BCUT2D eigenvalue weighted by atomic mass is 79.9. The van der Waals surface area contributed by atoms with Gasteiger partial charge in [-0.1, -0.05) is 6.92 Å². The minimum Gasteiger partial charge on any atom is -0.354 e. The molecule has 2 heterocycles. The first-order valence-corrected chi connectivity index (χ1v) is 7.66. The summed E-state index contributed by atoms with van der Waals surface area (Å²) in [6.45, 7) is 4.55. The van der Waals surface area contributed by atoms with Crippen LogP contribution in [0.3, 0.4) is 0 Å². The lowest BCUT2D eigenvalue weighted by Crippen LogP contribution is -2.44. The van der Waals surface area contributed by atoms with Crippen molar-refractivity contribution in [2.24, 2.45) is 5.41 Å². The van der Waals surface area contributed by atoms with Crippen LogP contribution in [0, 0.1) is 5.41 Å². The largest absolute Gasteiger partial charge is 0.354 e. The van der Waals surface area contributed by atoms with Gasteiger partial charge in [0.15, 0.2) is 0 Å². The Morgan fingerprint density at radius 3 is 2.76 bits per heavy atom. The summed E-state index contributed by atoms with van der Waals surface area (Å²) in [5, 5.41) is 6.16. The molecule has 0 unspecified atom stereocenters. The first-order valence-electron chi connectivity index (χ1n) is 6.86. The van der Waals surface area contributed by atoms with Crippen molar-refractivity contribution in [1.82, 2.24) is 20.2 Å². The van der Waals surface area contributed by atoms with Gasteiger partial charge in [-0.3, -0.25) is 19.1 Å². The van der Waals surface area contributed by atoms with Crippen LogP contribution in [0.5, 0.6) is 0 Å². The molecule has 1 aromatic rings. The van der Waals surface area contributed by atoms with E-state index in [2.05, 4.69) is 38.5 Å². The number of piperidine rings is 1. The van der Waals surface area contributed by atoms with Crippen LogP contribution in [0.15, 0.2) is 20.3 Å². The molecule has 0 aromatic carbocycles. The standard InChI is InChI=1S/C13H19BrN4O3/c1-13(2-4-15-5-3-13)8-16-10(19)7-18-6-9(14)11(20)17-12(18)21/h6,15H,2-5,7-8H2,1H3,(H,16,19)(H,17,20,21). The highest BCUT2D eigenvalue weighted by molar-refractivity contribution is 9.10. The molecule has 2 rings (SSSR count). The van der Waals surface area contributed by atoms with Crippen LogP contribution < -0.4 is 21.9 Å². The third-order valence-corrected chi connectivity index (χ3v) is 4.37. The van der Waals surface area contributed by atoms with Gasteiger partial charge in [0.25, 0.3) is 5.56 Å². The quantitative estimate of drug-likeness (QED) is 0.694. The van der Waals surface area contributed by atoms with E-state index in [9.17, 15) is 14.4 Å². The predicted octanol–water partition coefficient (Wildman–Crippen LogP) is -0.195. The van der Waals surface area contributed by atoms with Gasteiger partial charge < -0.3 is 10.6 Å². The summed E-state index contributed by atoms with van der Waals surface area (Å²) < 4.78 is 1.39. The lowest BCUT2D eigenvalue weighted by atomic mass is 9.81. The smallest absolute Gasteiger partial charge is 0.328 e. The Kier molecular flexibility index (Phi) is 5.00. The summed E-state index contributed by atoms with van der Waals surface area (Å²) in [5.41, 5.74) is -0.998. The second-order valence-electron chi connectivity index (χ2n) is 5.70. The molecule has 1 fully saturated rings. The maximum atomic E-state index is 12.0. The molecule has 0 bridgehead atoms. The Morgan fingerprint density at radius 2 is 2.10 bits per heavy atom. The maximum Gasteiger partial charge on any atom is 0.328 e. The summed E-state index contributed by atoms with van der Waals surface area (Å²) in [6, 6.07) is 0. The summed E-state index contributed by atoms with van der Waals surface area (Å²) >= 11 is 3.04. The van der Waals surface area contributed by atoms with Crippen molar-refractivity contribution in [2.75, 3.05) is 19.6 Å². The number of carbonyl (C=O) groups is 1. The van der Waals surface area contributed by atoms with Gasteiger partial charge in [-0.05, 0) is 47.3 Å². The van der Waals surface area contributed by atoms with E-state index >= 15 is 0 Å². The number of amides is 1. The maximum absolute atomic E-state index is 12.0. The normalized spacial score (nSPS) is 17.4. The van der Waals surface area contributed by atoms with E-state index in [4.69, 9.17) is 0 Å². The number of rotatable bonds is 4. The molecule has 7 nitrogen and oxygen atoms in total. The summed E-state index contributed by atoms with van der Waals surface area (Å²) in [5.74, 6) is -0.240. The van der Waals surface area contributed by atoms with Crippen LogP contribution >= 0.6 is 15.9 Å². The molecule has 1 aromatic heterocycles. The number of nitrogens with one attached hydrogen (secondary N) is 3. The van der Waals surface area contributed by atoms with Crippen LogP contribution in [-0.4, -0.2) is 35.1 Å². The van der Waals surface area contributed by atoms with Gasteiger partial charge in [-0.2, -0.15) is 0 Å². The third-order valence-electron chi connectivity index (χ3n) is 3.80. The summed E-state index contributed by atoms with van der Waals surface area (Å²) in [4.78, 5) is 36.9. The van der Waals surface area contributed by atoms with Crippen molar-refractivity contribution in [2.45, 2.75) is 26.3 Å². The molecule has 1 aliphatic heterocycles. The second-order valence-corrected chi connectivity index (χ2v) is 6.56. The second kappa shape index (κ2) is 6.57. The molecule has 0 atom stereocenters. The number of aromatic nitrogens is 2. The molecule has 0 spiro atoms. The van der Waals surface area contributed by atoms with E-state index in [1.165, 1.54) is 10.8 Å². The van der Waals surface area contributed by atoms with Crippen molar-refractivity contribution < 1.29 is 4.79 Å². The Morgan fingerprint density at radius 1 is 1.43 bits per heavy atom. The molecule has 1 amide bonds. The lowest BCUT2D eigenvalue weighted by molar-refractivity contribution is -0.122. The zero-order chi connectivity index (χ0) is 15.5. The highest BCUT2D eigenvalue weighted by Crippen LogP contribution is 2.26. The molecule has 116 valence electrons.